The van der Waals surface area contributed by atoms with Crippen LogP contribution < -0.4 is 5.32 Å². The van der Waals surface area contributed by atoms with E-state index in [0.29, 0.717) is 16.8 Å². The second-order valence-corrected chi connectivity index (χ2v) is 6.13. The highest BCUT2D eigenvalue weighted by Crippen LogP contribution is 2.35. The largest absolute Gasteiger partial charge is 0.465 e. The summed E-state index contributed by atoms with van der Waals surface area (Å²) in [5.74, 6) is 0.934. The van der Waals surface area contributed by atoms with Crippen LogP contribution in [0.4, 0.5) is 5.13 Å². The maximum absolute atomic E-state index is 11.8. The predicted molar refractivity (Wildman–Crippen MR) is 82.1 cm³/mol. The molecule has 0 aromatic carbocycles. The lowest BCUT2D eigenvalue weighted by Crippen LogP contribution is -2.07. The Morgan fingerprint density at radius 2 is 2.19 bits per heavy atom. The van der Waals surface area contributed by atoms with Gasteiger partial charge in [-0.05, 0) is 31.1 Å². The van der Waals surface area contributed by atoms with E-state index in [4.69, 9.17) is 4.42 Å². The monoisotopic (exact) mass is 303 g/mol. The molecule has 0 aliphatic heterocycles. The molecule has 1 N–H and O–H groups in total. The fourth-order valence-electron chi connectivity index (χ4n) is 2.49. The minimum Gasteiger partial charge on any atom is -0.465 e. The van der Waals surface area contributed by atoms with E-state index >= 15 is 0 Å². The van der Waals surface area contributed by atoms with Gasteiger partial charge in [-0.3, -0.25) is 10.1 Å². The van der Waals surface area contributed by atoms with E-state index < -0.39 is 0 Å². The summed E-state index contributed by atoms with van der Waals surface area (Å²) < 4.78 is 5.13. The van der Waals surface area contributed by atoms with Crippen LogP contribution in [0.15, 0.2) is 28.9 Å². The first-order chi connectivity index (χ1) is 10.3. The number of carbonyl (C=O) groups excluding carboxylic acids is 1. The lowest BCUT2D eigenvalue weighted by molar-refractivity contribution is -0.111. The number of carbonyl (C=O) groups is 1. The maximum Gasteiger partial charge on any atom is 0.250 e. The number of rotatable bonds is 4. The van der Waals surface area contributed by atoms with Crippen LogP contribution in [-0.2, 0) is 4.79 Å². The summed E-state index contributed by atoms with van der Waals surface area (Å²) in [6, 6.07) is 3.56. The molecule has 1 saturated carbocycles. The van der Waals surface area contributed by atoms with Gasteiger partial charge in [0.05, 0.1) is 6.26 Å². The molecule has 1 amide bonds. The van der Waals surface area contributed by atoms with Crippen LogP contribution in [0.5, 0.6) is 0 Å². The zero-order valence-electron chi connectivity index (χ0n) is 11.6. The summed E-state index contributed by atoms with van der Waals surface area (Å²) >= 11 is 1.48. The molecule has 3 rings (SSSR count). The maximum atomic E-state index is 11.8. The first kappa shape index (κ1) is 14.0. The molecular weight excluding hydrogens is 286 g/mol. The molecule has 1 fully saturated rings. The third-order valence-corrected chi connectivity index (χ3v) is 4.57. The number of aromatic nitrogens is 2. The second kappa shape index (κ2) is 6.67. The second-order valence-electron chi connectivity index (χ2n) is 5.12. The first-order valence-corrected chi connectivity index (χ1v) is 7.99. The third kappa shape index (κ3) is 3.78. The predicted octanol–water partition coefficient (Wildman–Crippen LogP) is 3.83. The van der Waals surface area contributed by atoms with Crippen LogP contribution >= 0.6 is 11.3 Å². The molecule has 2 aromatic heterocycles. The summed E-state index contributed by atoms with van der Waals surface area (Å²) in [5, 5.41) is 12.6. The normalized spacial score (nSPS) is 16.4. The van der Waals surface area contributed by atoms with Gasteiger partial charge in [0.2, 0.25) is 11.0 Å². The van der Waals surface area contributed by atoms with Crippen molar-refractivity contribution in [3.05, 3.63) is 35.2 Å². The summed E-state index contributed by atoms with van der Waals surface area (Å²) in [4.78, 5) is 11.8. The fourth-order valence-corrected chi connectivity index (χ4v) is 3.41. The van der Waals surface area contributed by atoms with Gasteiger partial charge in [-0.1, -0.05) is 30.6 Å². The Labute approximate surface area is 127 Å². The van der Waals surface area contributed by atoms with Gasteiger partial charge in [-0.15, -0.1) is 10.2 Å². The number of hydrogen-bond donors (Lipinski definition) is 1. The number of amides is 1. The van der Waals surface area contributed by atoms with E-state index in [2.05, 4.69) is 15.5 Å². The van der Waals surface area contributed by atoms with Gasteiger partial charge in [0.15, 0.2) is 0 Å². The Kier molecular flexibility index (Phi) is 4.45. The minimum absolute atomic E-state index is 0.224. The van der Waals surface area contributed by atoms with Gasteiger partial charge in [-0.25, -0.2) is 0 Å². The zero-order chi connectivity index (χ0) is 14.5. The SMILES string of the molecule is O=C(/C=C/c1ccco1)Nc1nnc(C2CCCCC2)s1. The van der Waals surface area contributed by atoms with Crippen molar-refractivity contribution in [1.82, 2.24) is 10.2 Å². The highest BCUT2D eigenvalue weighted by atomic mass is 32.1. The van der Waals surface area contributed by atoms with Gasteiger partial charge < -0.3 is 4.42 Å². The van der Waals surface area contributed by atoms with Crippen molar-refractivity contribution in [3.63, 3.8) is 0 Å². The smallest absolute Gasteiger partial charge is 0.250 e. The van der Waals surface area contributed by atoms with Gasteiger partial charge >= 0.3 is 0 Å². The molecule has 6 heteroatoms. The summed E-state index contributed by atoms with van der Waals surface area (Å²) in [5.41, 5.74) is 0. The number of hydrogen-bond acceptors (Lipinski definition) is 5. The van der Waals surface area contributed by atoms with Crippen molar-refractivity contribution < 1.29 is 9.21 Å². The molecule has 0 atom stereocenters. The highest BCUT2D eigenvalue weighted by Gasteiger charge is 2.19. The minimum atomic E-state index is -0.224. The van der Waals surface area contributed by atoms with Crippen LogP contribution in [0, 0.1) is 0 Å². The summed E-state index contributed by atoms with van der Waals surface area (Å²) in [7, 11) is 0. The average molecular weight is 303 g/mol. The van der Waals surface area contributed by atoms with Crippen molar-refractivity contribution in [1.29, 1.82) is 0 Å². The molecule has 0 spiro atoms. The van der Waals surface area contributed by atoms with Crippen LogP contribution in [0.25, 0.3) is 6.08 Å². The van der Waals surface area contributed by atoms with Crippen LogP contribution in [0.1, 0.15) is 48.8 Å². The Hall–Kier alpha value is -1.95. The molecule has 0 radical (unpaired) electrons. The number of nitrogens with one attached hydrogen (secondary N) is 1. The summed E-state index contributed by atoms with van der Waals surface area (Å²) in [6.45, 7) is 0. The summed E-state index contributed by atoms with van der Waals surface area (Å²) in [6.07, 6.45) is 10.8. The zero-order valence-corrected chi connectivity index (χ0v) is 12.4. The van der Waals surface area contributed by atoms with Crippen LogP contribution in [0.3, 0.4) is 0 Å². The Morgan fingerprint density at radius 3 is 2.95 bits per heavy atom. The lowest BCUT2D eigenvalue weighted by Gasteiger charge is -2.18. The van der Waals surface area contributed by atoms with Gasteiger partial charge in [-0.2, -0.15) is 0 Å². The molecule has 1 aliphatic rings. The van der Waals surface area contributed by atoms with E-state index in [0.717, 1.165) is 5.01 Å². The molecule has 1 aliphatic carbocycles. The topological polar surface area (TPSA) is 68.0 Å². The van der Waals surface area contributed by atoms with E-state index in [1.165, 1.54) is 49.5 Å². The Bertz CT molecular complexity index is 613. The van der Waals surface area contributed by atoms with Crippen LogP contribution in [-0.4, -0.2) is 16.1 Å². The highest BCUT2D eigenvalue weighted by molar-refractivity contribution is 7.15. The van der Waals surface area contributed by atoms with Gasteiger partial charge in [0.25, 0.3) is 0 Å². The molecule has 2 heterocycles. The van der Waals surface area contributed by atoms with E-state index in [-0.39, 0.29) is 5.91 Å². The van der Waals surface area contributed by atoms with Crippen molar-refractivity contribution in [2.24, 2.45) is 0 Å². The molecule has 0 saturated heterocycles. The molecule has 5 nitrogen and oxygen atoms in total. The Morgan fingerprint density at radius 1 is 1.33 bits per heavy atom. The molecular formula is C15H17N3O2S. The first-order valence-electron chi connectivity index (χ1n) is 7.17. The van der Waals surface area contributed by atoms with E-state index in [1.54, 1.807) is 24.5 Å². The number of anilines is 1. The quantitative estimate of drug-likeness (QED) is 0.872. The molecule has 110 valence electrons. The van der Waals surface area contributed by atoms with Crippen molar-refractivity contribution in [2.75, 3.05) is 5.32 Å². The van der Waals surface area contributed by atoms with Crippen molar-refractivity contribution in [2.45, 2.75) is 38.0 Å². The molecule has 0 bridgehead atoms. The van der Waals surface area contributed by atoms with E-state index in [9.17, 15) is 4.79 Å². The fraction of sp³-hybridized carbons (Fsp3) is 0.400. The molecule has 0 unspecified atom stereocenters. The molecule has 21 heavy (non-hydrogen) atoms. The number of nitrogens with zero attached hydrogens (tertiary/aromatic N) is 2. The van der Waals surface area contributed by atoms with Gasteiger partial charge in [0.1, 0.15) is 10.8 Å². The van der Waals surface area contributed by atoms with Crippen molar-refractivity contribution >= 4 is 28.5 Å². The standard InChI is InChI=1S/C15H17N3O2S/c19-13(9-8-12-7-4-10-20-12)16-15-18-17-14(21-15)11-5-2-1-3-6-11/h4,7-11H,1-3,5-6H2,(H,16,18,19)/b9-8+. The van der Waals surface area contributed by atoms with Gasteiger partial charge in [0, 0.05) is 12.0 Å². The van der Waals surface area contributed by atoms with E-state index in [1.807, 2.05) is 0 Å². The van der Waals surface area contributed by atoms with Crippen molar-refractivity contribution in [3.8, 4) is 0 Å². The Balaban J connectivity index is 1.57. The average Bonchev–Trinajstić information content (AvgIpc) is 3.17. The third-order valence-electron chi connectivity index (χ3n) is 3.57. The molecule has 2 aromatic rings. The van der Waals surface area contributed by atoms with Crippen LogP contribution in [0.2, 0.25) is 0 Å². The number of furan rings is 1. The lowest BCUT2D eigenvalue weighted by atomic mass is 9.90.